The first-order chi connectivity index (χ1) is 13.8. The topological polar surface area (TPSA) is 111 Å². The van der Waals surface area contributed by atoms with E-state index in [1.807, 2.05) is 0 Å². The van der Waals surface area contributed by atoms with Crippen LogP contribution in [0.25, 0.3) is 0 Å². The summed E-state index contributed by atoms with van der Waals surface area (Å²) in [5.41, 5.74) is 0.775. The molecule has 1 aromatic heterocycles. The SMILES string of the molecule is COc1cc(OC)cc(C(=O)NC2CCN(S(=O)(=O)c3c(C)noc3C)CC2)c1. The number of piperidine rings is 1. The zero-order valence-corrected chi connectivity index (χ0v) is 17.7. The van der Waals surface area contributed by atoms with Crippen molar-refractivity contribution in [2.75, 3.05) is 27.3 Å². The highest BCUT2D eigenvalue weighted by Gasteiger charge is 2.34. The Kier molecular flexibility index (Phi) is 6.13. The number of nitrogens with one attached hydrogen (secondary N) is 1. The van der Waals surface area contributed by atoms with Crippen LogP contribution in [0.4, 0.5) is 0 Å². The van der Waals surface area contributed by atoms with Gasteiger partial charge in [-0.05, 0) is 38.8 Å². The Morgan fingerprint density at radius 3 is 2.21 bits per heavy atom. The molecule has 1 aliphatic heterocycles. The molecule has 1 N–H and O–H groups in total. The Labute approximate surface area is 170 Å². The summed E-state index contributed by atoms with van der Waals surface area (Å²) in [4.78, 5) is 12.8. The normalized spacial score (nSPS) is 15.9. The quantitative estimate of drug-likeness (QED) is 0.755. The van der Waals surface area contributed by atoms with Gasteiger partial charge < -0.3 is 19.3 Å². The average Bonchev–Trinajstić information content (AvgIpc) is 3.06. The van der Waals surface area contributed by atoms with E-state index in [1.165, 1.54) is 18.5 Å². The third kappa shape index (κ3) is 4.38. The van der Waals surface area contributed by atoms with Crippen molar-refractivity contribution in [3.05, 3.63) is 35.2 Å². The highest BCUT2D eigenvalue weighted by Crippen LogP contribution is 2.26. The molecule has 1 aromatic carbocycles. The Balaban J connectivity index is 1.65. The van der Waals surface area contributed by atoms with Gasteiger partial charge in [0.15, 0.2) is 5.76 Å². The summed E-state index contributed by atoms with van der Waals surface area (Å²) >= 11 is 0. The van der Waals surface area contributed by atoms with Crippen molar-refractivity contribution in [2.45, 2.75) is 37.6 Å². The largest absolute Gasteiger partial charge is 0.497 e. The zero-order chi connectivity index (χ0) is 21.2. The van der Waals surface area contributed by atoms with Crippen molar-refractivity contribution < 1.29 is 27.2 Å². The maximum absolute atomic E-state index is 12.9. The van der Waals surface area contributed by atoms with Crippen LogP contribution in [0.2, 0.25) is 0 Å². The monoisotopic (exact) mass is 423 g/mol. The second kappa shape index (κ2) is 8.42. The molecule has 29 heavy (non-hydrogen) atoms. The van der Waals surface area contributed by atoms with Gasteiger partial charge in [0.25, 0.3) is 5.91 Å². The molecule has 2 aromatic rings. The minimum atomic E-state index is -3.67. The lowest BCUT2D eigenvalue weighted by molar-refractivity contribution is 0.0923. The van der Waals surface area contributed by atoms with E-state index in [-0.39, 0.29) is 22.6 Å². The van der Waals surface area contributed by atoms with Crippen LogP contribution in [-0.2, 0) is 10.0 Å². The number of nitrogens with zero attached hydrogens (tertiary/aromatic N) is 2. The van der Waals surface area contributed by atoms with Crippen LogP contribution >= 0.6 is 0 Å². The second-order valence-corrected chi connectivity index (χ2v) is 8.78. The number of amides is 1. The molecular formula is C19H25N3O6S. The van der Waals surface area contributed by atoms with Crippen LogP contribution in [0.3, 0.4) is 0 Å². The third-order valence-electron chi connectivity index (χ3n) is 4.97. The predicted octanol–water partition coefficient (Wildman–Crippen LogP) is 1.89. The molecule has 10 heteroatoms. The Morgan fingerprint density at radius 1 is 1.14 bits per heavy atom. The van der Waals surface area contributed by atoms with Gasteiger partial charge in [-0.15, -0.1) is 0 Å². The summed E-state index contributed by atoms with van der Waals surface area (Å²) in [5, 5.41) is 6.70. The minimum absolute atomic E-state index is 0.128. The fourth-order valence-electron chi connectivity index (χ4n) is 3.42. The number of aromatic nitrogens is 1. The summed E-state index contributed by atoms with van der Waals surface area (Å²) < 4.78 is 42.6. The molecular weight excluding hydrogens is 398 g/mol. The fraction of sp³-hybridized carbons (Fsp3) is 0.474. The van der Waals surface area contributed by atoms with Gasteiger partial charge in [0.1, 0.15) is 22.1 Å². The van der Waals surface area contributed by atoms with Crippen LogP contribution in [0.15, 0.2) is 27.6 Å². The van der Waals surface area contributed by atoms with Gasteiger partial charge >= 0.3 is 0 Å². The maximum atomic E-state index is 12.9. The summed E-state index contributed by atoms with van der Waals surface area (Å²) in [6.45, 7) is 3.80. The Hall–Kier alpha value is -2.59. The van der Waals surface area contributed by atoms with Gasteiger partial charge in [-0.1, -0.05) is 5.16 Å². The first kappa shape index (κ1) is 21.1. The molecule has 9 nitrogen and oxygen atoms in total. The smallest absolute Gasteiger partial charge is 0.251 e. The van der Waals surface area contributed by atoms with Gasteiger partial charge in [0, 0.05) is 30.8 Å². The molecule has 3 rings (SSSR count). The van der Waals surface area contributed by atoms with E-state index in [1.54, 1.807) is 32.0 Å². The Bertz CT molecular complexity index is 952. The lowest BCUT2D eigenvalue weighted by atomic mass is 10.1. The molecule has 0 spiro atoms. The number of rotatable bonds is 6. The molecule has 1 fully saturated rings. The number of carbonyl (C=O) groups excluding carboxylic acids is 1. The summed E-state index contributed by atoms with van der Waals surface area (Å²) in [7, 11) is -0.632. The molecule has 1 amide bonds. The molecule has 0 atom stereocenters. The van der Waals surface area contributed by atoms with Crippen LogP contribution in [0, 0.1) is 13.8 Å². The molecule has 0 bridgehead atoms. The van der Waals surface area contributed by atoms with E-state index in [2.05, 4.69) is 10.5 Å². The number of benzene rings is 1. The molecule has 1 saturated heterocycles. The van der Waals surface area contributed by atoms with Crippen molar-refractivity contribution in [2.24, 2.45) is 0 Å². The number of aryl methyl sites for hydroxylation is 2. The number of hydrogen-bond donors (Lipinski definition) is 1. The van der Waals surface area contributed by atoms with Gasteiger partial charge in [-0.3, -0.25) is 4.79 Å². The van der Waals surface area contributed by atoms with E-state index in [0.717, 1.165) is 0 Å². The minimum Gasteiger partial charge on any atom is -0.497 e. The number of methoxy groups -OCH3 is 2. The summed E-state index contributed by atoms with van der Waals surface area (Å²) in [6.07, 6.45) is 1.02. The third-order valence-corrected chi connectivity index (χ3v) is 7.11. The lowest BCUT2D eigenvalue weighted by Gasteiger charge is -2.31. The number of ether oxygens (including phenoxy) is 2. The second-order valence-electron chi connectivity index (χ2n) is 6.91. The average molecular weight is 423 g/mol. The standard InChI is InChI=1S/C19H25N3O6S/c1-12-18(13(2)28-21-12)29(24,25)22-7-5-15(6-8-22)20-19(23)14-9-16(26-3)11-17(10-14)27-4/h9-11,15H,5-8H2,1-4H3,(H,20,23). The van der Waals surface area contributed by atoms with Gasteiger partial charge in [-0.25, -0.2) is 8.42 Å². The number of carbonyl (C=O) groups is 1. The van der Waals surface area contributed by atoms with E-state index in [9.17, 15) is 13.2 Å². The first-order valence-corrected chi connectivity index (χ1v) is 10.7. The highest BCUT2D eigenvalue weighted by molar-refractivity contribution is 7.89. The van der Waals surface area contributed by atoms with Crippen LogP contribution in [-0.4, -0.2) is 57.1 Å². The van der Waals surface area contributed by atoms with Crippen LogP contribution in [0.1, 0.15) is 34.7 Å². The van der Waals surface area contributed by atoms with Crippen molar-refractivity contribution in [3.8, 4) is 11.5 Å². The van der Waals surface area contributed by atoms with Crippen molar-refractivity contribution in [1.82, 2.24) is 14.8 Å². The number of sulfonamides is 1. The van der Waals surface area contributed by atoms with Crippen LogP contribution < -0.4 is 14.8 Å². The molecule has 0 saturated carbocycles. The Morgan fingerprint density at radius 2 is 1.72 bits per heavy atom. The van der Waals surface area contributed by atoms with Gasteiger partial charge in [-0.2, -0.15) is 4.31 Å². The molecule has 0 radical (unpaired) electrons. The molecule has 0 unspecified atom stereocenters. The predicted molar refractivity (Wildman–Crippen MR) is 105 cm³/mol. The highest BCUT2D eigenvalue weighted by atomic mass is 32.2. The van der Waals surface area contributed by atoms with Crippen molar-refractivity contribution >= 4 is 15.9 Å². The first-order valence-electron chi connectivity index (χ1n) is 9.23. The van der Waals surface area contributed by atoms with Gasteiger partial charge in [0.05, 0.1) is 14.2 Å². The molecule has 158 valence electrons. The maximum Gasteiger partial charge on any atom is 0.251 e. The molecule has 1 aliphatic rings. The van der Waals surface area contributed by atoms with Crippen molar-refractivity contribution in [3.63, 3.8) is 0 Å². The molecule has 0 aliphatic carbocycles. The van der Waals surface area contributed by atoms with Gasteiger partial charge in [0.2, 0.25) is 10.0 Å². The van der Waals surface area contributed by atoms with Crippen molar-refractivity contribution in [1.29, 1.82) is 0 Å². The number of hydrogen-bond acceptors (Lipinski definition) is 7. The van der Waals surface area contributed by atoms with Crippen LogP contribution in [0.5, 0.6) is 11.5 Å². The summed E-state index contributed by atoms with van der Waals surface area (Å²) in [6, 6.07) is 4.83. The summed E-state index contributed by atoms with van der Waals surface area (Å²) in [5.74, 6) is 1.07. The molecule has 2 heterocycles. The van der Waals surface area contributed by atoms with E-state index < -0.39 is 10.0 Å². The fourth-order valence-corrected chi connectivity index (χ4v) is 5.18. The van der Waals surface area contributed by atoms with E-state index >= 15 is 0 Å². The lowest BCUT2D eigenvalue weighted by Crippen LogP contribution is -2.46. The van der Waals surface area contributed by atoms with E-state index in [0.29, 0.717) is 48.7 Å². The van der Waals surface area contributed by atoms with E-state index in [4.69, 9.17) is 14.0 Å². The zero-order valence-electron chi connectivity index (χ0n) is 16.9.